The topological polar surface area (TPSA) is 12.0 Å². The van der Waals surface area contributed by atoms with E-state index in [2.05, 4.69) is 19.2 Å². The first kappa shape index (κ1) is 11.4. The van der Waals surface area contributed by atoms with Crippen LogP contribution in [0.4, 0.5) is 14.5 Å². The summed E-state index contributed by atoms with van der Waals surface area (Å²) in [6.45, 7) is 4.32. The first-order valence-electron chi connectivity index (χ1n) is 5.71. The van der Waals surface area contributed by atoms with Crippen LogP contribution in [-0.4, -0.2) is 6.04 Å². The molecule has 2 rings (SSSR count). The van der Waals surface area contributed by atoms with Crippen molar-refractivity contribution in [2.75, 3.05) is 5.32 Å². The molecule has 16 heavy (non-hydrogen) atoms. The maximum atomic E-state index is 13.5. The Hall–Kier alpha value is -1.12. The summed E-state index contributed by atoms with van der Waals surface area (Å²) in [5.41, 5.74) is 0.429. The van der Waals surface area contributed by atoms with E-state index < -0.39 is 11.6 Å². The first-order chi connectivity index (χ1) is 7.50. The highest BCUT2D eigenvalue weighted by Gasteiger charge is 2.34. The standard InChI is InChI=1S/C13H17F2N/c1-13(2)8-4-7-11(13)16-10-6-3-5-9(14)12(10)15/h3,5-6,11,16H,4,7-8H2,1-2H3. The first-order valence-corrected chi connectivity index (χ1v) is 5.71. The Morgan fingerprint density at radius 2 is 2.06 bits per heavy atom. The molecule has 1 unspecified atom stereocenters. The van der Waals surface area contributed by atoms with Crippen molar-refractivity contribution < 1.29 is 8.78 Å². The van der Waals surface area contributed by atoms with Crippen LogP contribution in [0.15, 0.2) is 18.2 Å². The maximum absolute atomic E-state index is 13.5. The summed E-state index contributed by atoms with van der Waals surface area (Å²) in [6, 6.07) is 4.49. The van der Waals surface area contributed by atoms with Gasteiger partial charge >= 0.3 is 0 Å². The highest BCUT2D eigenvalue weighted by molar-refractivity contribution is 5.46. The lowest BCUT2D eigenvalue weighted by Gasteiger charge is -2.28. The van der Waals surface area contributed by atoms with Crippen molar-refractivity contribution >= 4 is 5.69 Å². The fraction of sp³-hybridized carbons (Fsp3) is 0.538. The Morgan fingerprint density at radius 1 is 1.31 bits per heavy atom. The van der Waals surface area contributed by atoms with Crippen LogP contribution in [-0.2, 0) is 0 Å². The van der Waals surface area contributed by atoms with Gasteiger partial charge in [-0.15, -0.1) is 0 Å². The molecule has 0 amide bonds. The normalized spacial score (nSPS) is 23.4. The molecule has 0 heterocycles. The van der Waals surface area contributed by atoms with Crippen molar-refractivity contribution in [3.8, 4) is 0 Å². The van der Waals surface area contributed by atoms with E-state index in [0.717, 1.165) is 25.3 Å². The van der Waals surface area contributed by atoms with Crippen LogP contribution in [0, 0.1) is 17.0 Å². The highest BCUT2D eigenvalue weighted by Crippen LogP contribution is 2.39. The van der Waals surface area contributed by atoms with Crippen molar-refractivity contribution in [2.45, 2.75) is 39.2 Å². The van der Waals surface area contributed by atoms with Gasteiger partial charge in [0.1, 0.15) is 0 Å². The van der Waals surface area contributed by atoms with Crippen LogP contribution in [0.3, 0.4) is 0 Å². The smallest absolute Gasteiger partial charge is 0.181 e. The van der Waals surface area contributed by atoms with Crippen molar-refractivity contribution in [1.82, 2.24) is 0 Å². The third-order valence-electron chi connectivity index (χ3n) is 3.54. The minimum atomic E-state index is -0.791. The Labute approximate surface area is 94.9 Å². The van der Waals surface area contributed by atoms with Crippen LogP contribution >= 0.6 is 0 Å². The minimum Gasteiger partial charge on any atom is -0.379 e. The van der Waals surface area contributed by atoms with Crippen molar-refractivity contribution in [3.63, 3.8) is 0 Å². The largest absolute Gasteiger partial charge is 0.379 e. The molecule has 1 aliphatic rings. The quantitative estimate of drug-likeness (QED) is 0.803. The average Bonchev–Trinajstić information content (AvgIpc) is 2.54. The van der Waals surface area contributed by atoms with E-state index >= 15 is 0 Å². The molecule has 3 heteroatoms. The van der Waals surface area contributed by atoms with Gasteiger partial charge in [0.25, 0.3) is 0 Å². The molecule has 0 aliphatic heterocycles. The van der Waals surface area contributed by atoms with E-state index in [4.69, 9.17) is 0 Å². The molecule has 88 valence electrons. The van der Waals surface area contributed by atoms with Gasteiger partial charge in [0.05, 0.1) is 5.69 Å². The molecule has 1 saturated carbocycles. The maximum Gasteiger partial charge on any atom is 0.181 e. The zero-order chi connectivity index (χ0) is 11.8. The van der Waals surface area contributed by atoms with Crippen LogP contribution < -0.4 is 5.32 Å². The zero-order valence-electron chi connectivity index (χ0n) is 9.69. The van der Waals surface area contributed by atoms with Crippen molar-refractivity contribution in [2.24, 2.45) is 5.41 Å². The lowest BCUT2D eigenvalue weighted by atomic mass is 9.87. The second kappa shape index (κ2) is 4.04. The van der Waals surface area contributed by atoms with E-state index in [1.807, 2.05) is 0 Å². The van der Waals surface area contributed by atoms with Gasteiger partial charge in [0.2, 0.25) is 0 Å². The Kier molecular flexibility index (Phi) is 2.87. The Balaban J connectivity index is 2.18. The molecule has 1 aromatic carbocycles. The SMILES string of the molecule is CC1(C)CCCC1Nc1cccc(F)c1F. The summed E-state index contributed by atoms with van der Waals surface area (Å²) in [5.74, 6) is -1.56. The summed E-state index contributed by atoms with van der Waals surface area (Å²) in [4.78, 5) is 0. The summed E-state index contributed by atoms with van der Waals surface area (Å²) < 4.78 is 26.5. The average molecular weight is 225 g/mol. The molecule has 0 bridgehead atoms. The molecule has 0 aromatic heterocycles. The van der Waals surface area contributed by atoms with Gasteiger partial charge in [0, 0.05) is 6.04 Å². The van der Waals surface area contributed by atoms with Crippen LogP contribution in [0.2, 0.25) is 0 Å². The third-order valence-corrected chi connectivity index (χ3v) is 3.54. The number of anilines is 1. The van der Waals surface area contributed by atoms with Gasteiger partial charge in [-0.05, 0) is 30.4 Å². The molecule has 0 saturated heterocycles. The summed E-state index contributed by atoms with van der Waals surface area (Å²) >= 11 is 0. The second-order valence-electron chi connectivity index (χ2n) is 5.18. The van der Waals surface area contributed by atoms with Crippen LogP contribution in [0.5, 0.6) is 0 Å². The number of nitrogens with one attached hydrogen (secondary N) is 1. The third kappa shape index (κ3) is 2.04. The van der Waals surface area contributed by atoms with Crippen LogP contribution in [0.1, 0.15) is 33.1 Å². The van der Waals surface area contributed by atoms with E-state index in [1.54, 1.807) is 6.07 Å². The molecular formula is C13H17F2N. The lowest BCUT2D eigenvalue weighted by molar-refractivity contribution is 0.348. The number of halogens is 2. The number of hydrogen-bond donors (Lipinski definition) is 1. The van der Waals surface area contributed by atoms with Crippen LogP contribution in [0.25, 0.3) is 0 Å². The van der Waals surface area contributed by atoms with Gasteiger partial charge in [0.15, 0.2) is 11.6 Å². The van der Waals surface area contributed by atoms with Crippen molar-refractivity contribution in [3.05, 3.63) is 29.8 Å². The van der Waals surface area contributed by atoms with Gasteiger partial charge in [-0.3, -0.25) is 0 Å². The molecule has 1 fully saturated rings. The summed E-state index contributed by atoms with van der Waals surface area (Å²) in [7, 11) is 0. The molecule has 0 spiro atoms. The molecule has 0 radical (unpaired) electrons. The Bertz CT molecular complexity index is 388. The van der Waals surface area contributed by atoms with Gasteiger partial charge in [-0.25, -0.2) is 8.78 Å². The molecule has 1 N–H and O–H groups in total. The predicted octanol–water partition coefficient (Wildman–Crippen LogP) is 3.96. The van der Waals surface area contributed by atoms with Gasteiger partial charge in [-0.2, -0.15) is 0 Å². The van der Waals surface area contributed by atoms with Crippen molar-refractivity contribution in [1.29, 1.82) is 0 Å². The number of benzene rings is 1. The molecule has 1 aliphatic carbocycles. The fourth-order valence-corrected chi connectivity index (χ4v) is 2.40. The molecular weight excluding hydrogens is 208 g/mol. The van der Waals surface area contributed by atoms with E-state index in [-0.39, 0.29) is 17.1 Å². The number of rotatable bonds is 2. The summed E-state index contributed by atoms with van der Waals surface area (Å²) in [6.07, 6.45) is 3.28. The second-order valence-corrected chi connectivity index (χ2v) is 5.18. The monoisotopic (exact) mass is 225 g/mol. The Morgan fingerprint density at radius 3 is 2.69 bits per heavy atom. The molecule has 1 nitrogen and oxygen atoms in total. The fourth-order valence-electron chi connectivity index (χ4n) is 2.40. The van der Waals surface area contributed by atoms with E-state index in [1.165, 1.54) is 6.07 Å². The van der Waals surface area contributed by atoms with E-state index in [9.17, 15) is 8.78 Å². The minimum absolute atomic E-state index is 0.152. The predicted molar refractivity (Wildman–Crippen MR) is 61.4 cm³/mol. The van der Waals surface area contributed by atoms with E-state index in [0.29, 0.717) is 0 Å². The zero-order valence-corrected chi connectivity index (χ0v) is 9.69. The lowest BCUT2D eigenvalue weighted by Crippen LogP contribution is -2.31. The molecule has 1 aromatic rings. The number of hydrogen-bond acceptors (Lipinski definition) is 1. The summed E-state index contributed by atoms with van der Waals surface area (Å²) in [5, 5.41) is 3.13. The molecule has 1 atom stereocenters. The highest BCUT2D eigenvalue weighted by atomic mass is 19.2. The van der Waals surface area contributed by atoms with Gasteiger partial charge < -0.3 is 5.32 Å². The van der Waals surface area contributed by atoms with Gasteiger partial charge in [-0.1, -0.05) is 26.3 Å².